The van der Waals surface area contributed by atoms with Gasteiger partial charge in [0.05, 0.1) is 19.0 Å². The second kappa shape index (κ2) is 8.76. The van der Waals surface area contributed by atoms with E-state index in [0.717, 1.165) is 11.1 Å². The fourth-order valence-corrected chi connectivity index (χ4v) is 4.11. The van der Waals surface area contributed by atoms with Gasteiger partial charge in [-0.2, -0.15) is 9.46 Å². The number of benzene rings is 2. The Labute approximate surface area is 168 Å². The maximum atomic E-state index is 10.8. The van der Waals surface area contributed by atoms with Gasteiger partial charge in [-0.05, 0) is 36.1 Å². The number of carboxylic acid groups (broad SMARTS) is 1. The van der Waals surface area contributed by atoms with E-state index in [9.17, 15) is 9.35 Å². The van der Waals surface area contributed by atoms with Crippen LogP contribution in [0.4, 0.5) is 16.4 Å². The first-order valence-corrected chi connectivity index (χ1v) is 10.9. The van der Waals surface area contributed by atoms with Crippen LogP contribution in [-0.2, 0) is 15.9 Å². The van der Waals surface area contributed by atoms with Crippen molar-refractivity contribution in [1.82, 2.24) is 15.2 Å². The molecule has 0 radical (unpaired) electrons. The minimum absolute atomic E-state index is 0.148. The number of anilines is 2. The lowest BCUT2D eigenvalue weighted by molar-refractivity contribution is 0.206. The van der Waals surface area contributed by atoms with Gasteiger partial charge in [0, 0.05) is 17.0 Å². The highest BCUT2D eigenvalue weighted by Gasteiger charge is 2.10. The molecule has 1 amide bonds. The van der Waals surface area contributed by atoms with Gasteiger partial charge in [-0.15, -0.1) is 5.10 Å². The number of ether oxygens (including phenoxy) is 1. The minimum atomic E-state index is -2.94. The van der Waals surface area contributed by atoms with Crippen LogP contribution in [0.15, 0.2) is 59.1 Å². The molecule has 1 heterocycles. The largest absolute Gasteiger partial charge is 0.496 e. The summed E-state index contributed by atoms with van der Waals surface area (Å²) < 4.78 is 19.0. The van der Waals surface area contributed by atoms with E-state index < -0.39 is 16.2 Å². The molecule has 0 unspecified atom stereocenters. The van der Waals surface area contributed by atoms with Crippen molar-refractivity contribution in [2.75, 3.05) is 18.7 Å². The minimum Gasteiger partial charge on any atom is -0.496 e. The van der Waals surface area contributed by atoms with Gasteiger partial charge in [0.2, 0.25) is 5.95 Å². The number of thiol groups is 1. The molecule has 0 aliphatic carbocycles. The molecule has 0 aliphatic heterocycles. The second-order valence-electron chi connectivity index (χ2n) is 6.32. The molecule has 0 saturated carbocycles. The highest BCUT2D eigenvalue weighted by Crippen LogP contribution is 2.28. The molecular weight excluding hydrogens is 394 g/mol. The van der Waals surface area contributed by atoms with Gasteiger partial charge in [-0.1, -0.05) is 34.4 Å². The van der Waals surface area contributed by atoms with E-state index in [4.69, 9.17) is 9.84 Å². The lowest BCUT2D eigenvalue weighted by atomic mass is 10.1. The van der Waals surface area contributed by atoms with Crippen LogP contribution >= 0.6 is 0 Å². The molecule has 0 atom stereocenters. The zero-order valence-corrected chi connectivity index (χ0v) is 16.7. The fourth-order valence-electron chi connectivity index (χ4n) is 2.78. The molecule has 9 nitrogen and oxygen atoms in total. The molecule has 152 valence electrons. The predicted octanol–water partition coefficient (Wildman–Crippen LogP) is 3.64. The lowest BCUT2D eigenvalue weighted by Gasteiger charge is -2.17. The van der Waals surface area contributed by atoms with Gasteiger partial charge >= 0.3 is 6.09 Å². The third kappa shape index (κ3) is 5.56. The average molecular weight is 415 g/mol. The Morgan fingerprint density at radius 3 is 2.79 bits per heavy atom. The summed E-state index contributed by atoms with van der Waals surface area (Å²) in [5.41, 5.74) is 2.81. The van der Waals surface area contributed by atoms with Gasteiger partial charge in [0.25, 0.3) is 0 Å². The Morgan fingerprint density at radius 2 is 2.03 bits per heavy atom. The maximum Gasteiger partial charge on any atom is 0.437 e. The highest BCUT2D eigenvalue weighted by atomic mass is 32.3. The third-order valence-corrected chi connectivity index (χ3v) is 5.47. The first-order valence-electron chi connectivity index (χ1n) is 8.60. The monoisotopic (exact) mass is 415 g/mol. The Morgan fingerprint density at radius 1 is 1.24 bits per heavy atom. The van der Waals surface area contributed by atoms with E-state index in [2.05, 4.69) is 24.9 Å². The fraction of sp³-hybridized carbons (Fsp3) is 0.158. The summed E-state index contributed by atoms with van der Waals surface area (Å²) in [6, 6.07) is 14.6. The van der Waals surface area contributed by atoms with Gasteiger partial charge < -0.3 is 19.7 Å². The summed E-state index contributed by atoms with van der Waals surface area (Å²) in [5.74, 6) is 1.12. The number of amides is 1. The summed E-state index contributed by atoms with van der Waals surface area (Å²) in [6.07, 6.45) is 1.63. The van der Waals surface area contributed by atoms with Crippen LogP contribution in [0.3, 0.4) is 0 Å². The molecule has 0 aliphatic rings. The van der Waals surface area contributed by atoms with Crippen molar-refractivity contribution in [3.63, 3.8) is 0 Å². The van der Waals surface area contributed by atoms with Crippen LogP contribution in [-0.4, -0.2) is 44.3 Å². The molecule has 10 heteroatoms. The van der Waals surface area contributed by atoms with Crippen LogP contribution in [0.2, 0.25) is 0 Å². The number of rotatable bonds is 6. The summed E-state index contributed by atoms with van der Waals surface area (Å²) in [6.45, 7) is 0. The van der Waals surface area contributed by atoms with Crippen LogP contribution < -0.4 is 10.1 Å². The molecule has 3 N–H and O–H groups in total. The molecule has 0 saturated heterocycles. The van der Waals surface area contributed by atoms with E-state index in [1.807, 2.05) is 30.3 Å². The molecule has 2 aromatic carbocycles. The van der Waals surface area contributed by atoms with Crippen molar-refractivity contribution in [1.29, 1.82) is 0 Å². The number of carbonyl (C=O) groups is 1. The molecule has 29 heavy (non-hydrogen) atoms. The van der Waals surface area contributed by atoms with Crippen LogP contribution in [0.5, 0.6) is 5.75 Å². The molecule has 0 fully saturated rings. The number of para-hydroxylation sites is 1. The Kier molecular flexibility index (Phi) is 6.15. The van der Waals surface area contributed by atoms with Crippen LogP contribution in [0.25, 0.3) is 11.3 Å². The van der Waals surface area contributed by atoms with Gasteiger partial charge in [0.1, 0.15) is 5.75 Å². The predicted molar refractivity (Wildman–Crippen MR) is 113 cm³/mol. The molecule has 3 aromatic rings. The maximum absolute atomic E-state index is 10.8. The number of methoxy groups -OCH3 is 1. The third-order valence-electron chi connectivity index (χ3n) is 3.91. The molecule has 1 aromatic heterocycles. The van der Waals surface area contributed by atoms with Crippen molar-refractivity contribution in [2.24, 2.45) is 4.36 Å². The lowest BCUT2D eigenvalue weighted by Crippen LogP contribution is -2.13. The Balaban J connectivity index is 1.83. The Bertz CT molecular complexity index is 1080. The smallest absolute Gasteiger partial charge is 0.437 e. The van der Waals surface area contributed by atoms with E-state index in [1.54, 1.807) is 31.5 Å². The molecule has 3 rings (SSSR count). The van der Waals surface area contributed by atoms with Crippen molar-refractivity contribution < 1.29 is 19.2 Å². The summed E-state index contributed by atoms with van der Waals surface area (Å²) >= 11 is 0. The number of hydrogen-bond donors (Lipinski definition) is 4. The topological polar surface area (TPSA) is 130 Å². The van der Waals surface area contributed by atoms with Crippen molar-refractivity contribution >= 4 is 27.8 Å². The second-order valence-corrected chi connectivity index (χ2v) is 9.01. The van der Waals surface area contributed by atoms with Crippen LogP contribution in [0.1, 0.15) is 5.56 Å². The zero-order chi connectivity index (χ0) is 20.9. The summed E-state index contributed by atoms with van der Waals surface area (Å²) in [5, 5.41) is 19.9. The molecule has 0 spiro atoms. The van der Waals surface area contributed by atoms with E-state index in [-0.39, 0.29) is 5.75 Å². The first kappa shape index (κ1) is 20.4. The quantitative estimate of drug-likeness (QED) is 0.449. The zero-order valence-electron chi connectivity index (χ0n) is 15.9. The van der Waals surface area contributed by atoms with Gasteiger partial charge in [-0.25, -0.2) is 9.78 Å². The van der Waals surface area contributed by atoms with E-state index >= 15 is 0 Å². The Hall–Kier alpha value is -3.37. The van der Waals surface area contributed by atoms with Gasteiger partial charge in [-0.3, -0.25) is 0 Å². The normalized spacial score (nSPS) is 11.6. The van der Waals surface area contributed by atoms with Crippen molar-refractivity contribution in [2.45, 2.75) is 5.75 Å². The SMILES string of the molecule is COc1ccccc1-c1cnnc(Nc2cccc(C[SH](C)(O)=NC(=O)O)c2)n1. The number of nitrogens with one attached hydrogen (secondary N) is 1. The van der Waals surface area contributed by atoms with Crippen molar-refractivity contribution in [3.05, 3.63) is 60.3 Å². The van der Waals surface area contributed by atoms with Crippen molar-refractivity contribution in [3.8, 4) is 17.0 Å². The highest BCUT2D eigenvalue weighted by molar-refractivity contribution is 7.98. The molecule has 0 bridgehead atoms. The van der Waals surface area contributed by atoms with E-state index in [0.29, 0.717) is 23.1 Å². The standard InChI is InChI=1S/C19H21N5O4S/c1-28-17-9-4-3-8-15(17)16-11-20-23-18(22-16)21-14-7-5-6-13(10-14)12-29(2,27)24-19(25)26/h3-11,29H,12H2,1-2H3,(H,24,27)(H,25,26)(H,21,22,23). The van der Waals surface area contributed by atoms with Crippen LogP contribution in [0, 0.1) is 0 Å². The molecular formula is C19H21N5O4S. The van der Waals surface area contributed by atoms with Gasteiger partial charge in [0.15, 0.2) is 0 Å². The number of aromatic nitrogens is 3. The number of hydrogen-bond acceptors (Lipinski definition) is 6. The average Bonchev–Trinajstić information content (AvgIpc) is 2.67. The first-order chi connectivity index (χ1) is 13.9. The summed E-state index contributed by atoms with van der Waals surface area (Å²) in [4.78, 5) is 15.3. The number of nitrogens with zero attached hydrogens (tertiary/aromatic N) is 4. The summed E-state index contributed by atoms with van der Waals surface area (Å²) in [7, 11) is -1.35. The van der Waals surface area contributed by atoms with E-state index in [1.165, 1.54) is 6.26 Å².